The first-order chi connectivity index (χ1) is 18.9. The van der Waals surface area contributed by atoms with E-state index < -0.39 is 11.1 Å². The lowest BCUT2D eigenvalue weighted by Crippen LogP contribution is -2.44. The third-order valence-corrected chi connectivity index (χ3v) is 7.85. The van der Waals surface area contributed by atoms with Crippen LogP contribution in [0, 0.1) is 0 Å². The first-order valence-corrected chi connectivity index (χ1v) is 13.9. The minimum atomic E-state index is -0.496. The summed E-state index contributed by atoms with van der Waals surface area (Å²) in [6.07, 6.45) is 2.35. The molecule has 10 heteroatoms. The number of hydrogen-bond acceptors (Lipinski definition) is 6. The molecule has 39 heavy (non-hydrogen) atoms. The van der Waals surface area contributed by atoms with Gasteiger partial charge in [0.2, 0.25) is 5.91 Å². The SMILES string of the molecule is O=C(COc1ccc(/C=C2\SC(=O)N(CC(=O)N3CCc4ccccc4C3)C2=O)cc1Br)Nc1ccccc1. The van der Waals surface area contributed by atoms with Crippen molar-refractivity contribution < 1.29 is 23.9 Å². The zero-order valence-corrected chi connectivity index (χ0v) is 23.2. The summed E-state index contributed by atoms with van der Waals surface area (Å²) in [6.45, 7) is 0.559. The molecule has 0 bridgehead atoms. The molecule has 0 radical (unpaired) electrons. The molecule has 3 aromatic carbocycles. The van der Waals surface area contributed by atoms with E-state index in [2.05, 4.69) is 27.3 Å². The van der Waals surface area contributed by atoms with E-state index >= 15 is 0 Å². The van der Waals surface area contributed by atoms with Crippen molar-refractivity contribution in [2.75, 3.05) is 25.0 Å². The monoisotopic (exact) mass is 605 g/mol. The first-order valence-electron chi connectivity index (χ1n) is 12.2. The quantitative estimate of drug-likeness (QED) is 0.377. The summed E-state index contributed by atoms with van der Waals surface area (Å²) in [4.78, 5) is 53.6. The first kappa shape index (κ1) is 26.7. The largest absolute Gasteiger partial charge is 0.483 e. The number of imide groups is 1. The van der Waals surface area contributed by atoms with E-state index in [1.54, 1.807) is 41.3 Å². The van der Waals surface area contributed by atoms with Crippen molar-refractivity contribution in [1.29, 1.82) is 0 Å². The molecule has 198 valence electrons. The number of rotatable bonds is 7. The van der Waals surface area contributed by atoms with Crippen LogP contribution >= 0.6 is 27.7 Å². The molecule has 8 nitrogen and oxygen atoms in total. The number of hydrogen-bond donors (Lipinski definition) is 1. The minimum absolute atomic E-state index is 0.178. The molecule has 0 atom stereocenters. The van der Waals surface area contributed by atoms with Crippen LogP contribution in [-0.4, -0.2) is 52.5 Å². The molecule has 4 amide bonds. The van der Waals surface area contributed by atoms with Crippen LogP contribution in [0.1, 0.15) is 16.7 Å². The summed E-state index contributed by atoms with van der Waals surface area (Å²) in [6, 6.07) is 22.2. The highest BCUT2D eigenvalue weighted by Crippen LogP contribution is 2.34. The van der Waals surface area contributed by atoms with Crippen LogP contribution in [0.2, 0.25) is 0 Å². The average Bonchev–Trinajstić information content (AvgIpc) is 3.20. The normalized spacial score (nSPS) is 15.9. The van der Waals surface area contributed by atoms with Gasteiger partial charge in [-0.15, -0.1) is 0 Å². The highest BCUT2D eigenvalue weighted by atomic mass is 79.9. The molecule has 2 aliphatic heterocycles. The molecule has 1 saturated heterocycles. The number of halogens is 1. The molecule has 0 saturated carbocycles. The van der Waals surface area contributed by atoms with Gasteiger partial charge in [0.15, 0.2) is 6.61 Å². The Bertz CT molecular complexity index is 1480. The molecular formula is C29H24BrN3O5S. The van der Waals surface area contributed by atoms with Crippen LogP contribution in [-0.2, 0) is 27.3 Å². The molecule has 0 spiro atoms. The van der Waals surface area contributed by atoms with E-state index in [4.69, 9.17) is 4.74 Å². The maximum Gasteiger partial charge on any atom is 0.294 e. The summed E-state index contributed by atoms with van der Waals surface area (Å²) in [5, 5.41) is 2.28. The van der Waals surface area contributed by atoms with Crippen molar-refractivity contribution in [2.24, 2.45) is 0 Å². The topological polar surface area (TPSA) is 96.0 Å². The summed E-state index contributed by atoms with van der Waals surface area (Å²) in [5.41, 5.74) is 3.64. The lowest BCUT2D eigenvalue weighted by molar-refractivity contribution is -0.136. The second-order valence-corrected chi connectivity index (χ2v) is 10.8. The molecule has 0 unspecified atom stereocenters. The zero-order valence-electron chi connectivity index (χ0n) is 20.8. The number of nitrogens with one attached hydrogen (secondary N) is 1. The Balaban J connectivity index is 1.18. The predicted molar refractivity (Wildman–Crippen MR) is 153 cm³/mol. The van der Waals surface area contributed by atoms with Crippen molar-refractivity contribution in [1.82, 2.24) is 9.80 Å². The number of anilines is 1. The number of para-hydroxylation sites is 1. The van der Waals surface area contributed by atoms with Crippen molar-refractivity contribution in [3.05, 3.63) is 98.9 Å². The lowest BCUT2D eigenvalue weighted by atomic mass is 10.00. The van der Waals surface area contributed by atoms with Gasteiger partial charge in [-0.3, -0.25) is 24.1 Å². The van der Waals surface area contributed by atoms with E-state index in [1.807, 2.05) is 36.4 Å². The van der Waals surface area contributed by atoms with Gasteiger partial charge in [-0.2, -0.15) is 0 Å². The van der Waals surface area contributed by atoms with E-state index in [-0.39, 0.29) is 29.9 Å². The molecule has 0 aromatic heterocycles. The van der Waals surface area contributed by atoms with E-state index in [0.29, 0.717) is 34.6 Å². The molecule has 1 fully saturated rings. The van der Waals surface area contributed by atoms with Gasteiger partial charge >= 0.3 is 0 Å². The van der Waals surface area contributed by atoms with Crippen LogP contribution in [0.25, 0.3) is 6.08 Å². The highest BCUT2D eigenvalue weighted by molar-refractivity contribution is 9.10. The van der Waals surface area contributed by atoms with Gasteiger partial charge in [-0.1, -0.05) is 48.5 Å². The van der Waals surface area contributed by atoms with Gasteiger partial charge in [-0.05, 0) is 81.1 Å². The molecule has 1 N–H and O–H groups in total. The third-order valence-electron chi connectivity index (χ3n) is 6.32. The van der Waals surface area contributed by atoms with Gasteiger partial charge < -0.3 is 15.0 Å². The number of carbonyl (C=O) groups is 4. The van der Waals surface area contributed by atoms with E-state index in [9.17, 15) is 19.2 Å². The minimum Gasteiger partial charge on any atom is -0.483 e. The van der Waals surface area contributed by atoms with Crippen molar-refractivity contribution in [3.8, 4) is 5.75 Å². The number of fused-ring (bicyclic) bond motifs is 1. The fraction of sp³-hybridized carbons (Fsp3) is 0.172. The van der Waals surface area contributed by atoms with Gasteiger partial charge in [0, 0.05) is 18.8 Å². The van der Waals surface area contributed by atoms with Crippen LogP contribution in [0.4, 0.5) is 10.5 Å². The fourth-order valence-electron chi connectivity index (χ4n) is 4.32. The Morgan fingerprint density at radius 3 is 2.51 bits per heavy atom. The lowest BCUT2D eigenvalue weighted by Gasteiger charge is -2.29. The molecular weight excluding hydrogens is 582 g/mol. The van der Waals surface area contributed by atoms with E-state index in [0.717, 1.165) is 28.6 Å². The molecule has 0 aliphatic carbocycles. The van der Waals surface area contributed by atoms with Gasteiger partial charge in [0.05, 0.1) is 9.38 Å². The number of ether oxygens (including phenoxy) is 1. The standard InChI is InChI=1S/C29H24BrN3O5S/c30-23-14-19(10-11-24(23)38-18-26(34)31-22-8-2-1-3-9-22)15-25-28(36)33(29(37)39-25)17-27(35)32-13-12-20-6-4-5-7-21(20)16-32/h1-11,14-15H,12-13,16-18H2,(H,31,34)/b25-15-. The predicted octanol–water partition coefficient (Wildman–Crippen LogP) is 5.09. The Labute approximate surface area is 238 Å². The number of thioether (sulfide) groups is 1. The van der Waals surface area contributed by atoms with Gasteiger partial charge in [0.25, 0.3) is 17.1 Å². The van der Waals surface area contributed by atoms with Crippen LogP contribution < -0.4 is 10.1 Å². The summed E-state index contributed by atoms with van der Waals surface area (Å²) in [7, 11) is 0. The van der Waals surface area contributed by atoms with Gasteiger partial charge in [0.1, 0.15) is 12.3 Å². The fourth-order valence-corrected chi connectivity index (χ4v) is 5.67. The Morgan fingerprint density at radius 2 is 1.74 bits per heavy atom. The van der Waals surface area contributed by atoms with Crippen LogP contribution in [0.5, 0.6) is 5.75 Å². The maximum absolute atomic E-state index is 13.0. The number of benzene rings is 3. The van der Waals surface area contributed by atoms with Gasteiger partial charge in [-0.25, -0.2) is 0 Å². The number of carbonyl (C=O) groups excluding carboxylic acids is 4. The maximum atomic E-state index is 13.0. The Hall–Kier alpha value is -3.89. The van der Waals surface area contributed by atoms with Crippen molar-refractivity contribution in [3.63, 3.8) is 0 Å². The van der Waals surface area contributed by atoms with Crippen LogP contribution in [0.15, 0.2) is 82.2 Å². The summed E-state index contributed by atoms with van der Waals surface area (Å²) in [5.74, 6) is -0.593. The summed E-state index contributed by atoms with van der Waals surface area (Å²) >= 11 is 4.24. The summed E-state index contributed by atoms with van der Waals surface area (Å²) < 4.78 is 6.20. The molecule has 3 aromatic rings. The molecule has 2 heterocycles. The Kier molecular flexibility index (Phi) is 8.13. The van der Waals surface area contributed by atoms with E-state index in [1.165, 1.54) is 5.56 Å². The molecule has 5 rings (SSSR count). The zero-order chi connectivity index (χ0) is 27.4. The highest BCUT2D eigenvalue weighted by Gasteiger charge is 2.37. The second-order valence-electron chi connectivity index (χ2n) is 8.99. The third kappa shape index (κ3) is 6.40. The second kappa shape index (κ2) is 11.9. The number of nitrogens with zero attached hydrogens (tertiary/aromatic N) is 2. The molecule has 2 aliphatic rings. The Morgan fingerprint density at radius 1 is 1.00 bits per heavy atom. The van der Waals surface area contributed by atoms with Crippen molar-refractivity contribution >= 4 is 62.4 Å². The van der Waals surface area contributed by atoms with Crippen LogP contribution in [0.3, 0.4) is 0 Å². The average molecular weight is 606 g/mol. The van der Waals surface area contributed by atoms with Crippen molar-refractivity contribution in [2.45, 2.75) is 13.0 Å². The smallest absolute Gasteiger partial charge is 0.294 e. The number of amides is 4.